The van der Waals surface area contributed by atoms with Gasteiger partial charge in [0.25, 0.3) is 0 Å². The molecule has 0 radical (unpaired) electrons. The van der Waals surface area contributed by atoms with Crippen LogP contribution in [0.2, 0.25) is 0 Å². The summed E-state index contributed by atoms with van der Waals surface area (Å²) >= 11 is 0. The van der Waals surface area contributed by atoms with Crippen molar-refractivity contribution in [2.75, 3.05) is 24.3 Å². The second-order valence-electron chi connectivity index (χ2n) is 4.77. The van der Waals surface area contributed by atoms with Crippen molar-refractivity contribution >= 4 is 21.8 Å². The summed E-state index contributed by atoms with van der Waals surface area (Å²) in [7, 11) is -3.18. The molecular weight excluding hydrogens is 299 g/mol. The molecule has 1 heterocycles. The number of hydrogen-bond donors (Lipinski definition) is 0. The maximum Gasteiger partial charge on any atom is 0.302 e. The highest BCUT2D eigenvalue weighted by atomic mass is 32.3. The normalized spacial score (nSPS) is 18.6. The van der Waals surface area contributed by atoms with Crippen LogP contribution in [0.15, 0.2) is 18.2 Å². The number of amides is 1. The Morgan fingerprint density at radius 1 is 1.52 bits per heavy atom. The molecule has 1 atom stereocenters. The van der Waals surface area contributed by atoms with E-state index in [4.69, 9.17) is 10.00 Å². The van der Waals surface area contributed by atoms with Crippen LogP contribution < -0.4 is 9.64 Å². The number of nitriles is 1. The second-order valence-corrected chi connectivity index (χ2v) is 6.19. The van der Waals surface area contributed by atoms with Gasteiger partial charge in [-0.15, -0.1) is 3.89 Å². The Bertz CT molecular complexity index is 711. The maximum absolute atomic E-state index is 12.7. The smallest absolute Gasteiger partial charge is 0.302 e. The molecule has 0 aromatic heterocycles. The second kappa shape index (κ2) is 5.69. The van der Waals surface area contributed by atoms with Gasteiger partial charge in [0.1, 0.15) is 11.8 Å². The molecule has 1 unspecified atom stereocenters. The first-order valence-electron chi connectivity index (χ1n) is 6.15. The molecule has 112 valence electrons. The lowest BCUT2D eigenvalue weighted by Crippen LogP contribution is -2.26. The highest BCUT2D eigenvalue weighted by molar-refractivity contribution is 7.86. The van der Waals surface area contributed by atoms with Crippen LogP contribution in [0, 0.1) is 17.2 Å². The Balaban J connectivity index is 2.30. The van der Waals surface area contributed by atoms with Crippen LogP contribution in [-0.4, -0.2) is 33.7 Å². The van der Waals surface area contributed by atoms with Crippen LogP contribution in [0.5, 0.6) is 5.75 Å². The van der Waals surface area contributed by atoms with Crippen LogP contribution in [0.1, 0.15) is 12.0 Å². The Morgan fingerprint density at radius 2 is 2.24 bits per heavy atom. The summed E-state index contributed by atoms with van der Waals surface area (Å²) < 4.78 is 39.2. The lowest BCUT2D eigenvalue weighted by molar-refractivity contribution is -0.117. The van der Waals surface area contributed by atoms with Crippen molar-refractivity contribution in [1.82, 2.24) is 0 Å². The fourth-order valence-corrected chi connectivity index (χ4v) is 3.15. The largest absolute Gasteiger partial charge is 0.497 e. The Kier molecular flexibility index (Phi) is 4.14. The zero-order valence-electron chi connectivity index (χ0n) is 11.2. The Labute approximate surface area is 121 Å². The number of nitrogens with zero attached hydrogens (tertiary/aromatic N) is 2. The third-order valence-corrected chi connectivity index (χ3v) is 4.13. The van der Waals surface area contributed by atoms with Crippen LogP contribution in [0.3, 0.4) is 0 Å². The zero-order chi connectivity index (χ0) is 15.6. The molecule has 1 aromatic carbocycles. The van der Waals surface area contributed by atoms with E-state index in [-0.39, 0.29) is 24.4 Å². The van der Waals surface area contributed by atoms with Crippen LogP contribution in [-0.2, 0) is 15.0 Å². The molecule has 1 saturated heterocycles. The van der Waals surface area contributed by atoms with Gasteiger partial charge in [0, 0.05) is 24.9 Å². The highest BCUT2D eigenvalue weighted by Gasteiger charge is 2.34. The van der Waals surface area contributed by atoms with Gasteiger partial charge >= 0.3 is 10.2 Å². The molecule has 1 amide bonds. The minimum Gasteiger partial charge on any atom is -0.497 e. The summed E-state index contributed by atoms with van der Waals surface area (Å²) in [6.45, 7) is 0.0594. The molecule has 1 fully saturated rings. The summed E-state index contributed by atoms with van der Waals surface area (Å²) in [5.74, 6) is -1.18. The Hall–Kier alpha value is -2.14. The molecule has 6 nitrogen and oxygen atoms in total. The number of hydrogen-bond acceptors (Lipinski definition) is 5. The maximum atomic E-state index is 12.7. The van der Waals surface area contributed by atoms with Gasteiger partial charge in [-0.2, -0.15) is 13.7 Å². The van der Waals surface area contributed by atoms with Crippen molar-refractivity contribution in [1.29, 1.82) is 5.26 Å². The van der Waals surface area contributed by atoms with Gasteiger partial charge in [-0.25, -0.2) is 0 Å². The number of methoxy groups -OCH3 is 1. The molecule has 1 aromatic rings. The monoisotopic (exact) mass is 312 g/mol. The molecule has 0 bridgehead atoms. The summed E-state index contributed by atoms with van der Waals surface area (Å²) in [6, 6.07) is 6.60. The van der Waals surface area contributed by atoms with Crippen LogP contribution in [0.25, 0.3) is 0 Å². The average molecular weight is 312 g/mol. The molecule has 0 spiro atoms. The van der Waals surface area contributed by atoms with E-state index in [1.165, 1.54) is 24.1 Å². The van der Waals surface area contributed by atoms with Crippen molar-refractivity contribution in [3.05, 3.63) is 23.8 Å². The van der Waals surface area contributed by atoms with Crippen molar-refractivity contribution in [2.45, 2.75) is 6.42 Å². The van der Waals surface area contributed by atoms with Crippen molar-refractivity contribution < 1.29 is 21.8 Å². The minimum atomic E-state index is -4.63. The van der Waals surface area contributed by atoms with E-state index in [2.05, 4.69) is 0 Å². The molecule has 0 aliphatic carbocycles. The first-order valence-corrected chi connectivity index (χ1v) is 7.70. The Morgan fingerprint density at radius 3 is 2.81 bits per heavy atom. The van der Waals surface area contributed by atoms with E-state index >= 15 is 0 Å². The van der Waals surface area contributed by atoms with Gasteiger partial charge in [-0.05, 0) is 12.1 Å². The predicted molar refractivity (Wildman–Crippen MR) is 73.1 cm³/mol. The van der Waals surface area contributed by atoms with Gasteiger partial charge in [0.05, 0.1) is 24.1 Å². The quantitative estimate of drug-likeness (QED) is 0.780. The fourth-order valence-electron chi connectivity index (χ4n) is 2.36. The zero-order valence-corrected chi connectivity index (χ0v) is 12.1. The van der Waals surface area contributed by atoms with Gasteiger partial charge in [-0.3, -0.25) is 4.79 Å². The topological polar surface area (TPSA) is 87.5 Å². The standard InChI is InChI=1S/C13H13FN2O4S/c1-20-11-3-2-10(6-15)12(5-11)16-7-9(4-13(16)17)8-21(14,18)19/h2-3,5,9H,4,7-8H2,1H3. The van der Waals surface area contributed by atoms with Crippen molar-refractivity contribution in [3.63, 3.8) is 0 Å². The van der Waals surface area contributed by atoms with E-state index in [9.17, 15) is 17.1 Å². The molecule has 21 heavy (non-hydrogen) atoms. The number of ether oxygens (including phenoxy) is 1. The lowest BCUT2D eigenvalue weighted by Gasteiger charge is -2.18. The fraction of sp³-hybridized carbons (Fsp3) is 0.385. The average Bonchev–Trinajstić information content (AvgIpc) is 2.76. The van der Waals surface area contributed by atoms with E-state index in [0.717, 1.165) is 0 Å². The van der Waals surface area contributed by atoms with E-state index in [0.29, 0.717) is 11.4 Å². The van der Waals surface area contributed by atoms with E-state index in [1.54, 1.807) is 6.07 Å². The van der Waals surface area contributed by atoms with Gasteiger partial charge in [0.15, 0.2) is 0 Å². The first-order chi connectivity index (χ1) is 9.84. The molecule has 0 saturated carbocycles. The minimum absolute atomic E-state index is 0.0594. The third kappa shape index (κ3) is 3.49. The lowest BCUT2D eigenvalue weighted by atomic mass is 10.1. The van der Waals surface area contributed by atoms with Gasteiger partial charge < -0.3 is 9.64 Å². The number of carbonyl (C=O) groups excluding carboxylic acids is 1. The summed E-state index contributed by atoms with van der Waals surface area (Å²) in [5, 5.41) is 9.10. The highest BCUT2D eigenvalue weighted by Crippen LogP contribution is 2.31. The molecule has 1 aliphatic rings. The number of benzene rings is 1. The number of rotatable bonds is 4. The van der Waals surface area contributed by atoms with E-state index < -0.39 is 21.9 Å². The summed E-state index contributed by atoms with van der Waals surface area (Å²) in [4.78, 5) is 13.3. The van der Waals surface area contributed by atoms with E-state index in [1.807, 2.05) is 6.07 Å². The predicted octanol–water partition coefficient (Wildman–Crippen LogP) is 1.22. The summed E-state index contributed by atoms with van der Waals surface area (Å²) in [6.07, 6.45) is -0.0643. The van der Waals surface area contributed by atoms with Crippen LogP contribution >= 0.6 is 0 Å². The SMILES string of the molecule is COc1ccc(C#N)c(N2CC(CS(=O)(=O)F)CC2=O)c1. The first kappa shape index (κ1) is 15.3. The number of carbonyl (C=O) groups is 1. The molecule has 8 heteroatoms. The molecular formula is C13H13FN2O4S. The van der Waals surface area contributed by atoms with Crippen molar-refractivity contribution in [2.24, 2.45) is 5.92 Å². The van der Waals surface area contributed by atoms with Crippen LogP contribution in [0.4, 0.5) is 9.57 Å². The third-order valence-electron chi connectivity index (χ3n) is 3.26. The van der Waals surface area contributed by atoms with Crippen molar-refractivity contribution in [3.8, 4) is 11.8 Å². The number of anilines is 1. The molecule has 0 N–H and O–H groups in total. The molecule has 2 rings (SSSR count). The summed E-state index contributed by atoms with van der Waals surface area (Å²) in [5.41, 5.74) is 0.619. The van der Waals surface area contributed by atoms with Gasteiger partial charge in [0.2, 0.25) is 5.91 Å². The van der Waals surface area contributed by atoms with Gasteiger partial charge in [-0.1, -0.05) is 0 Å². The number of halogens is 1. The molecule has 1 aliphatic heterocycles.